The molecule has 0 aliphatic carbocycles. The van der Waals surface area contributed by atoms with E-state index in [4.69, 9.17) is 9.58 Å². The van der Waals surface area contributed by atoms with Gasteiger partial charge in [0.15, 0.2) is 0 Å². The van der Waals surface area contributed by atoms with Gasteiger partial charge in [-0.15, -0.1) is 0 Å². The molecule has 0 atom stereocenters. The van der Waals surface area contributed by atoms with Gasteiger partial charge in [-0.05, 0) is 0 Å². The van der Waals surface area contributed by atoms with Crippen molar-refractivity contribution in [3.8, 4) is 4.33 Å². The number of rotatable bonds is 0. The molecule has 8 heavy (non-hydrogen) atoms. The Morgan fingerprint density at radius 3 is 2.12 bits per heavy atom. The normalized spacial score (nSPS) is 10.5. The second-order valence-electron chi connectivity index (χ2n) is 2.94. The van der Waals surface area contributed by atoms with Crippen LogP contribution in [0.2, 0.25) is 0 Å². The van der Waals surface area contributed by atoms with Crippen LogP contribution >= 0.6 is 9.58 Å². The van der Waals surface area contributed by atoms with Crippen molar-refractivity contribution in [1.29, 1.82) is 0 Å². The summed E-state index contributed by atoms with van der Waals surface area (Å²) in [4.78, 5) is 0. The summed E-state index contributed by atoms with van der Waals surface area (Å²) >= 11 is -0.236. The molecule has 0 bridgehead atoms. The molecule has 0 heterocycles. The standard InChI is InChI=1S/C6H11.ClH.Tc/c1-5-6(2,3)4;;/h5H2,2-4H3;1H;/q;;+2/p-1. The third-order valence-corrected chi connectivity index (χ3v) is 1.82. The fourth-order valence-corrected chi connectivity index (χ4v) is 1.63. The van der Waals surface area contributed by atoms with Crippen LogP contribution in [0.5, 0.6) is 0 Å². The Morgan fingerprint density at radius 2 is 2.00 bits per heavy atom. The Labute approximate surface area is 62.7 Å². The fourth-order valence-electron chi connectivity index (χ4n) is 0.226. The van der Waals surface area contributed by atoms with E-state index in [2.05, 4.69) is 25.1 Å². The van der Waals surface area contributed by atoms with Crippen molar-refractivity contribution >= 4 is 9.58 Å². The molecule has 2 heteroatoms. The molecule has 0 spiro atoms. The second kappa shape index (κ2) is 3.69. The van der Waals surface area contributed by atoms with Gasteiger partial charge in [0.25, 0.3) is 0 Å². The van der Waals surface area contributed by atoms with E-state index in [1.54, 1.807) is 0 Å². The molecular formula is C6H11ClTc+. The van der Waals surface area contributed by atoms with E-state index in [9.17, 15) is 0 Å². The molecule has 0 aromatic heterocycles. The maximum absolute atomic E-state index is 5.51. The number of hydrogen-bond donors (Lipinski definition) is 0. The van der Waals surface area contributed by atoms with E-state index in [0.717, 1.165) is 6.42 Å². The third-order valence-electron chi connectivity index (χ3n) is 0.648. The van der Waals surface area contributed by atoms with Crippen LogP contribution in [0.3, 0.4) is 0 Å². The van der Waals surface area contributed by atoms with E-state index < -0.39 is 0 Å². The van der Waals surface area contributed by atoms with Crippen LogP contribution in [0.15, 0.2) is 0 Å². The van der Waals surface area contributed by atoms with Crippen LogP contribution in [-0.2, 0) is 16.0 Å². The predicted molar refractivity (Wildman–Crippen MR) is 33.8 cm³/mol. The zero-order valence-electron chi connectivity index (χ0n) is 5.46. The van der Waals surface area contributed by atoms with E-state index in [1.807, 2.05) is 0 Å². The van der Waals surface area contributed by atoms with Crippen molar-refractivity contribution in [2.45, 2.75) is 27.2 Å². The summed E-state index contributed by atoms with van der Waals surface area (Å²) in [5.74, 6) is 0. The summed E-state index contributed by atoms with van der Waals surface area (Å²) in [6.45, 7) is 6.57. The van der Waals surface area contributed by atoms with Crippen LogP contribution in [0.1, 0.15) is 27.2 Å². The minimum atomic E-state index is -0.236. The van der Waals surface area contributed by atoms with Crippen molar-refractivity contribution in [2.24, 2.45) is 5.41 Å². The SMILES string of the molecule is CC(C)(C)C[C]#[Tc+][Cl]. The van der Waals surface area contributed by atoms with Crippen LogP contribution in [0.4, 0.5) is 0 Å². The van der Waals surface area contributed by atoms with Gasteiger partial charge < -0.3 is 0 Å². The van der Waals surface area contributed by atoms with Gasteiger partial charge in [-0.1, -0.05) is 0 Å². The van der Waals surface area contributed by atoms with Crippen LogP contribution in [0, 0.1) is 9.75 Å². The van der Waals surface area contributed by atoms with Crippen LogP contribution in [0.25, 0.3) is 0 Å². The third kappa shape index (κ3) is 6.72. The average molecular weight is 217 g/mol. The topological polar surface area (TPSA) is 0 Å². The molecule has 0 rings (SSSR count). The first-order valence-electron chi connectivity index (χ1n) is 2.54. The van der Waals surface area contributed by atoms with Gasteiger partial charge in [0.2, 0.25) is 0 Å². The summed E-state index contributed by atoms with van der Waals surface area (Å²) in [5, 5.41) is 0. The Morgan fingerprint density at radius 1 is 1.50 bits per heavy atom. The quantitative estimate of drug-likeness (QED) is 0.584. The van der Waals surface area contributed by atoms with Crippen molar-refractivity contribution in [3.05, 3.63) is 0 Å². The van der Waals surface area contributed by atoms with E-state index in [1.165, 1.54) is 0 Å². The second-order valence-corrected chi connectivity index (χ2v) is 4.80. The Balaban J connectivity index is 3.50. The fraction of sp³-hybridized carbons (Fsp3) is 0.833. The zero-order chi connectivity index (χ0) is 6.62. The van der Waals surface area contributed by atoms with Gasteiger partial charge in [0, 0.05) is 0 Å². The molecule has 0 N–H and O–H groups in total. The van der Waals surface area contributed by atoms with Crippen molar-refractivity contribution in [1.82, 2.24) is 0 Å². The maximum atomic E-state index is 5.51. The predicted octanol–water partition coefficient (Wildman–Crippen LogP) is 2.62. The molecule has 0 aliphatic rings. The summed E-state index contributed by atoms with van der Waals surface area (Å²) in [7, 11) is 5.51. The molecule has 0 saturated heterocycles. The van der Waals surface area contributed by atoms with E-state index in [-0.39, 0.29) is 16.0 Å². The zero-order valence-corrected chi connectivity index (χ0v) is 8.08. The Kier molecular flexibility index (Phi) is 4.02. The molecule has 0 radical (unpaired) electrons. The summed E-state index contributed by atoms with van der Waals surface area (Å²) in [6.07, 6.45) is 1.03. The molecule has 0 saturated carbocycles. The Hall–Kier alpha value is 0.719. The van der Waals surface area contributed by atoms with E-state index in [0.29, 0.717) is 5.41 Å². The minimum absolute atomic E-state index is 0.236. The number of hydrogen-bond acceptors (Lipinski definition) is 0. The molecule has 0 unspecified atom stereocenters. The van der Waals surface area contributed by atoms with Crippen molar-refractivity contribution in [3.63, 3.8) is 0 Å². The summed E-state index contributed by atoms with van der Waals surface area (Å²) in [5.41, 5.74) is 0.384. The molecular weight excluding hydrogens is 206 g/mol. The van der Waals surface area contributed by atoms with Gasteiger partial charge in [-0.25, -0.2) is 0 Å². The average Bonchev–Trinajstić information content (AvgIpc) is 1.59. The Bertz CT molecular complexity index is 113. The first-order chi connectivity index (χ1) is 3.56. The van der Waals surface area contributed by atoms with Crippen LogP contribution in [-0.4, -0.2) is 0 Å². The van der Waals surface area contributed by atoms with Gasteiger partial charge in [0.1, 0.15) is 0 Å². The first kappa shape index (κ1) is 8.72. The summed E-state index contributed by atoms with van der Waals surface area (Å²) < 4.78 is 3.16. The van der Waals surface area contributed by atoms with Crippen molar-refractivity contribution < 1.29 is 16.0 Å². The van der Waals surface area contributed by atoms with E-state index >= 15 is 0 Å². The molecule has 0 aromatic rings. The van der Waals surface area contributed by atoms with Crippen LogP contribution < -0.4 is 0 Å². The van der Waals surface area contributed by atoms with Gasteiger partial charge in [-0.2, -0.15) is 0 Å². The van der Waals surface area contributed by atoms with Crippen molar-refractivity contribution in [2.75, 3.05) is 0 Å². The van der Waals surface area contributed by atoms with Gasteiger partial charge in [0.05, 0.1) is 0 Å². The molecule has 0 aliphatic heterocycles. The first-order valence-corrected chi connectivity index (χ1v) is 5.86. The molecule has 0 aromatic carbocycles. The van der Waals surface area contributed by atoms with Gasteiger partial charge in [-0.3, -0.25) is 0 Å². The molecule has 0 fully saturated rings. The summed E-state index contributed by atoms with van der Waals surface area (Å²) in [6, 6.07) is 0. The monoisotopic (exact) mass is 215 g/mol. The van der Waals surface area contributed by atoms with Gasteiger partial charge >= 0.3 is 62.6 Å². The molecule has 48 valence electrons. The number of halogens is 1. The molecule has 0 nitrogen and oxygen atoms in total. The molecule has 0 amide bonds.